The van der Waals surface area contributed by atoms with Crippen LogP contribution in [0.2, 0.25) is 0 Å². The molecule has 2 heterocycles. The first-order valence-corrected chi connectivity index (χ1v) is 17.4. The van der Waals surface area contributed by atoms with E-state index in [-0.39, 0.29) is 16.7 Å². The third-order valence-corrected chi connectivity index (χ3v) is 11.1. The van der Waals surface area contributed by atoms with Gasteiger partial charge in [-0.1, -0.05) is 53.0 Å². The molecule has 1 aromatic heterocycles. The van der Waals surface area contributed by atoms with Gasteiger partial charge < -0.3 is 9.88 Å². The Morgan fingerprint density at radius 2 is 1.71 bits per heavy atom. The summed E-state index contributed by atoms with van der Waals surface area (Å²) in [7, 11) is -0.902. The number of aromatic nitrogens is 1. The molecule has 0 bridgehead atoms. The number of rotatable bonds is 9. The van der Waals surface area contributed by atoms with E-state index in [1.807, 2.05) is 4.31 Å². The Morgan fingerprint density at radius 3 is 2.32 bits per heavy atom. The van der Waals surface area contributed by atoms with E-state index in [0.29, 0.717) is 12.5 Å². The number of piperazine rings is 1. The monoisotopic (exact) mass is 580 g/mol. The lowest BCUT2D eigenvalue weighted by molar-refractivity contribution is 0.0944. The van der Waals surface area contributed by atoms with Crippen LogP contribution in [0, 0.1) is 12.8 Å². The lowest BCUT2D eigenvalue weighted by Gasteiger charge is -2.32. The topological polar surface area (TPSA) is 57.6 Å². The van der Waals surface area contributed by atoms with Crippen molar-refractivity contribution in [2.45, 2.75) is 96.9 Å². The van der Waals surface area contributed by atoms with E-state index >= 15 is 0 Å². The van der Waals surface area contributed by atoms with Crippen LogP contribution in [0.5, 0.6) is 0 Å². The molecule has 7 heteroatoms. The quantitative estimate of drug-likeness (QED) is 0.394. The largest absolute Gasteiger partial charge is 0.351 e. The Morgan fingerprint density at radius 1 is 1.02 bits per heavy atom. The molecule has 41 heavy (non-hydrogen) atoms. The molecule has 1 saturated heterocycles. The van der Waals surface area contributed by atoms with E-state index in [0.717, 1.165) is 50.5 Å². The standard InChI is InChI=1S/C34H52N4O2S/c1-25-30(32(39)35-14-15-36-16-18-37(19-17-36)41(6)40)23-31(38(25)24-26-10-8-7-9-11-26)27-20-28(33(2,3)4)22-29(21-27)34(5)12-13-34/h20-23,26H,7-19,24H2,1-6H3,(H,35,39). The maximum absolute atomic E-state index is 13.6. The van der Waals surface area contributed by atoms with Gasteiger partial charge in [0, 0.05) is 63.5 Å². The fraction of sp³-hybridized carbons (Fsp3) is 0.676. The summed E-state index contributed by atoms with van der Waals surface area (Å²) >= 11 is 0. The van der Waals surface area contributed by atoms with Gasteiger partial charge in [0.1, 0.15) is 0 Å². The smallest absolute Gasteiger partial charge is 0.253 e. The normalized spacial score (nSPS) is 21.1. The number of nitrogens with one attached hydrogen (secondary N) is 1. The minimum atomic E-state index is -0.902. The molecule has 5 rings (SSSR count). The first-order valence-electron chi connectivity index (χ1n) is 15.9. The summed E-state index contributed by atoms with van der Waals surface area (Å²) < 4.78 is 16.2. The van der Waals surface area contributed by atoms with Gasteiger partial charge in [-0.2, -0.15) is 0 Å². The number of amides is 1. The van der Waals surface area contributed by atoms with Crippen molar-refractivity contribution in [2.75, 3.05) is 45.5 Å². The number of hydrogen-bond donors (Lipinski definition) is 1. The predicted octanol–water partition coefficient (Wildman–Crippen LogP) is 6.03. The molecule has 3 fully saturated rings. The Balaban J connectivity index is 1.40. The van der Waals surface area contributed by atoms with Crippen LogP contribution in [0.15, 0.2) is 24.3 Å². The molecule has 0 radical (unpaired) electrons. The Labute approximate surface area is 250 Å². The van der Waals surface area contributed by atoms with Crippen LogP contribution in [0.1, 0.15) is 99.8 Å². The molecule has 226 valence electrons. The Kier molecular flexibility index (Phi) is 9.18. The van der Waals surface area contributed by atoms with Crippen molar-refractivity contribution in [3.63, 3.8) is 0 Å². The fourth-order valence-corrected chi connectivity index (χ4v) is 7.32. The molecule has 2 saturated carbocycles. The zero-order valence-corrected chi connectivity index (χ0v) is 27.2. The van der Waals surface area contributed by atoms with Crippen molar-refractivity contribution in [3.05, 3.63) is 46.6 Å². The summed E-state index contributed by atoms with van der Waals surface area (Å²) in [5, 5.41) is 3.23. The molecule has 0 spiro atoms. The average molecular weight is 581 g/mol. The molecule has 1 aromatic carbocycles. The predicted molar refractivity (Wildman–Crippen MR) is 171 cm³/mol. The second-order valence-electron chi connectivity index (χ2n) is 14.2. The number of hydrogen-bond acceptors (Lipinski definition) is 3. The zero-order chi connectivity index (χ0) is 29.4. The molecule has 1 N–H and O–H groups in total. The summed E-state index contributed by atoms with van der Waals surface area (Å²) in [4.78, 5) is 16.0. The number of carbonyl (C=O) groups is 1. The molecule has 1 atom stereocenters. The fourth-order valence-electron chi connectivity index (χ4n) is 6.64. The Hall–Kier alpha value is -1.96. The molecule has 1 aliphatic heterocycles. The summed E-state index contributed by atoms with van der Waals surface area (Å²) in [6, 6.07) is 9.40. The molecular formula is C34H52N4O2S. The van der Waals surface area contributed by atoms with Gasteiger partial charge in [0.25, 0.3) is 5.91 Å². The third-order valence-electron chi connectivity index (χ3n) is 9.98. The molecule has 1 amide bonds. The summed E-state index contributed by atoms with van der Waals surface area (Å²) in [5.74, 6) is 0.702. The van der Waals surface area contributed by atoms with E-state index in [4.69, 9.17) is 0 Å². The third kappa shape index (κ3) is 7.17. The van der Waals surface area contributed by atoms with Gasteiger partial charge in [-0.3, -0.25) is 9.69 Å². The van der Waals surface area contributed by atoms with Gasteiger partial charge in [-0.25, -0.2) is 8.51 Å². The van der Waals surface area contributed by atoms with Crippen LogP contribution in [-0.2, 0) is 28.4 Å². The molecular weight excluding hydrogens is 528 g/mol. The molecule has 3 aliphatic rings. The highest BCUT2D eigenvalue weighted by Gasteiger charge is 2.40. The minimum absolute atomic E-state index is 0.0285. The van der Waals surface area contributed by atoms with E-state index in [1.54, 1.807) is 6.26 Å². The van der Waals surface area contributed by atoms with Crippen molar-refractivity contribution in [3.8, 4) is 11.3 Å². The maximum atomic E-state index is 13.6. The first-order chi connectivity index (χ1) is 19.4. The van der Waals surface area contributed by atoms with Crippen LogP contribution in [0.4, 0.5) is 0 Å². The van der Waals surface area contributed by atoms with E-state index < -0.39 is 11.0 Å². The average Bonchev–Trinajstić information content (AvgIpc) is 3.62. The van der Waals surface area contributed by atoms with Crippen LogP contribution < -0.4 is 5.32 Å². The van der Waals surface area contributed by atoms with Crippen molar-refractivity contribution in [1.82, 2.24) is 19.1 Å². The van der Waals surface area contributed by atoms with Crippen LogP contribution >= 0.6 is 0 Å². The highest BCUT2D eigenvalue weighted by atomic mass is 32.2. The van der Waals surface area contributed by atoms with Crippen molar-refractivity contribution in [2.24, 2.45) is 5.92 Å². The lowest BCUT2D eigenvalue weighted by atomic mass is 9.82. The first kappa shape index (κ1) is 30.5. The van der Waals surface area contributed by atoms with Crippen LogP contribution in [0.3, 0.4) is 0 Å². The number of nitrogens with zero attached hydrogens (tertiary/aromatic N) is 3. The lowest BCUT2D eigenvalue weighted by Crippen LogP contribution is -2.48. The van der Waals surface area contributed by atoms with Crippen LogP contribution in [0.25, 0.3) is 11.3 Å². The van der Waals surface area contributed by atoms with Gasteiger partial charge in [0.05, 0.1) is 16.5 Å². The van der Waals surface area contributed by atoms with E-state index in [2.05, 4.69) is 73.7 Å². The van der Waals surface area contributed by atoms with Gasteiger partial charge in [-0.15, -0.1) is 0 Å². The summed E-state index contributed by atoms with van der Waals surface area (Å²) in [6.45, 7) is 17.3. The van der Waals surface area contributed by atoms with Gasteiger partial charge in [-0.05, 0) is 84.2 Å². The Bertz CT molecular complexity index is 1230. The van der Waals surface area contributed by atoms with Gasteiger partial charge in [0.15, 0.2) is 0 Å². The maximum Gasteiger partial charge on any atom is 0.253 e. The van der Waals surface area contributed by atoms with Crippen molar-refractivity contribution < 1.29 is 9.00 Å². The SMILES string of the molecule is Cc1c(C(=O)NCCN2CCN(S(C)=O)CC2)cc(-c2cc(C(C)(C)C)cc(C3(C)CC3)c2)n1CC1CCCCC1. The highest BCUT2D eigenvalue weighted by molar-refractivity contribution is 7.81. The van der Waals surface area contributed by atoms with Crippen molar-refractivity contribution >= 4 is 16.9 Å². The van der Waals surface area contributed by atoms with Crippen LogP contribution in [-0.4, -0.2) is 69.4 Å². The molecule has 2 aliphatic carbocycles. The number of benzene rings is 1. The molecule has 6 nitrogen and oxygen atoms in total. The van der Waals surface area contributed by atoms with Crippen molar-refractivity contribution in [1.29, 1.82) is 0 Å². The summed E-state index contributed by atoms with van der Waals surface area (Å²) in [6.07, 6.45) is 10.8. The van der Waals surface area contributed by atoms with Gasteiger partial charge in [0.2, 0.25) is 0 Å². The highest BCUT2D eigenvalue weighted by Crippen LogP contribution is 2.49. The second kappa shape index (κ2) is 12.3. The minimum Gasteiger partial charge on any atom is -0.351 e. The molecule has 1 unspecified atom stereocenters. The van der Waals surface area contributed by atoms with E-state index in [1.165, 1.54) is 67.3 Å². The zero-order valence-electron chi connectivity index (χ0n) is 26.4. The summed E-state index contributed by atoms with van der Waals surface area (Å²) in [5.41, 5.74) is 7.50. The molecule has 2 aromatic rings. The van der Waals surface area contributed by atoms with E-state index in [9.17, 15) is 9.00 Å². The number of carbonyl (C=O) groups excluding carboxylic acids is 1. The second-order valence-corrected chi connectivity index (χ2v) is 15.6. The van der Waals surface area contributed by atoms with Gasteiger partial charge >= 0.3 is 0 Å².